The Morgan fingerprint density at radius 1 is 1.15 bits per heavy atom. The van der Waals surface area contributed by atoms with E-state index in [1.54, 1.807) is 0 Å². The second-order valence-electron chi connectivity index (χ2n) is 5.50. The highest BCUT2D eigenvalue weighted by Crippen LogP contribution is 2.20. The van der Waals surface area contributed by atoms with Gasteiger partial charge in [-0.3, -0.25) is 4.79 Å². The van der Waals surface area contributed by atoms with Gasteiger partial charge in [0.05, 0.1) is 30.9 Å². The molecule has 0 aliphatic heterocycles. The fourth-order valence-corrected chi connectivity index (χ4v) is 2.52. The second kappa shape index (κ2) is 8.75. The summed E-state index contributed by atoms with van der Waals surface area (Å²) in [5.74, 6) is -3.26. The predicted octanol–water partition coefficient (Wildman–Crippen LogP) is 3.80. The monoisotopic (exact) mass is 426 g/mol. The summed E-state index contributed by atoms with van der Waals surface area (Å²) in [6, 6.07) is 8.74. The van der Waals surface area contributed by atoms with E-state index in [1.807, 2.05) is 31.2 Å². The maximum absolute atomic E-state index is 13.8. The van der Waals surface area contributed by atoms with Gasteiger partial charge in [0.1, 0.15) is 11.6 Å². The van der Waals surface area contributed by atoms with Gasteiger partial charge in [-0.1, -0.05) is 28.1 Å². The lowest BCUT2D eigenvalue weighted by Crippen LogP contribution is -2.32. The van der Waals surface area contributed by atoms with Crippen LogP contribution in [0.4, 0.5) is 14.5 Å². The molecule has 1 amide bonds. The zero-order valence-corrected chi connectivity index (χ0v) is 15.7. The van der Waals surface area contributed by atoms with Gasteiger partial charge in [-0.2, -0.15) is 0 Å². The molecule has 0 heterocycles. The van der Waals surface area contributed by atoms with Crippen molar-refractivity contribution in [2.24, 2.45) is 0 Å². The summed E-state index contributed by atoms with van der Waals surface area (Å²) in [6.07, 6.45) is 0. The number of ether oxygens (including phenoxy) is 1. The normalized spacial score (nSPS) is 11.6. The molecule has 2 aromatic rings. The van der Waals surface area contributed by atoms with Crippen LogP contribution in [0.3, 0.4) is 0 Å². The Labute approximate surface area is 157 Å². The Morgan fingerprint density at radius 2 is 1.81 bits per heavy atom. The highest BCUT2D eigenvalue weighted by molar-refractivity contribution is 9.10. The van der Waals surface area contributed by atoms with Gasteiger partial charge >= 0.3 is 5.97 Å². The van der Waals surface area contributed by atoms with E-state index in [0.29, 0.717) is 6.07 Å². The smallest absolute Gasteiger partial charge is 0.340 e. The first kappa shape index (κ1) is 19.8. The molecule has 5 nitrogen and oxygen atoms in total. The average molecular weight is 427 g/mol. The van der Waals surface area contributed by atoms with Gasteiger partial charge in [0.2, 0.25) is 5.91 Å². The molecule has 0 saturated carbocycles. The predicted molar refractivity (Wildman–Crippen MR) is 96.9 cm³/mol. The third-order valence-corrected chi connectivity index (χ3v) is 4.18. The number of methoxy groups -OCH3 is 1. The Morgan fingerprint density at radius 3 is 2.42 bits per heavy atom. The van der Waals surface area contributed by atoms with Crippen molar-refractivity contribution in [1.82, 2.24) is 5.32 Å². The molecule has 1 atom stereocenters. The number of carbonyl (C=O) groups excluding carboxylic acids is 2. The third-order valence-electron chi connectivity index (χ3n) is 3.65. The Bertz CT molecular complexity index is 813. The van der Waals surface area contributed by atoms with Crippen LogP contribution in [0.25, 0.3) is 0 Å². The van der Waals surface area contributed by atoms with Crippen LogP contribution in [0.2, 0.25) is 0 Å². The fourth-order valence-electron chi connectivity index (χ4n) is 2.25. The van der Waals surface area contributed by atoms with Crippen molar-refractivity contribution in [1.29, 1.82) is 0 Å². The molecule has 26 heavy (non-hydrogen) atoms. The van der Waals surface area contributed by atoms with E-state index in [-0.39, 0.29) is 24.2 Å². The van der Waals surface area contributed by atoms with Crippen molar-refractivity contribution in [2.45, 2.75) is 13.0 Å². The molecule has 0 saturated heterocycles. The molecule has 138 valence electrons. The third kappa shape index (κ3) is 5.01. The minimum Gasteiger partial charge on any atom is -0.465 e. The number of amides is 1. The number of carbonyl (C=O) groups is 2. The molecule has 2 N–H and O–H groups in total. The molecular formula is C18H17BrF2N2O3. The summed E-state index contributed by atoms with van der Waals surface area (Å²) in [4.78, 5) is 23.5. The maximum Gasteiger partial charge on any atom is 0.340 e. The topological polar surface area (TPSA) is 67.4 Å². The molecule has 0 radical (unpaired) electrons. The maximum atomic E-state index is 13.8. The van der Waals surface area contributed by atoms with E-state index in [1.165, 1.54) is 0 Å². The van der Waals surface area contributed by atoms with Crippen LogP contribution < -0.4 is 10.6 Å². The Hall–Kier alpha value is -2.48. The highest BCUT2D eigenvalue weighted by Gasteiger charge is 2.17. The van der Waals surface area contributed by atoms with Crippen LogP contribution in [0.5, 0.6) is 0 Å². The average Bonchev–Trinajstić information content (AvgIpc) is 2.60. The molecule has 1 unspecified atom stereocenters. The summed E-state index contributed by atoms with van der Waals surface area (Å²) >= 11 is 3.34. The Kier molecular flexibility index (Phi) is 6.68. The lowest BCUT2D eigenvalue weighted by atomic mass is 10.1. The minimum absolute atomic E-state index is 0.168. The zero-order chi connectivity index (χ0) is 19.3. The van der Waals surface area contributed by atoms with Gasteiger partial charge in [-0.25, -0.2) is 13.6 Å². The second-order valence-corrected chi connectivity index (χ2v) is 6.41. The van der Waals surface area contributed by atoms with Crippen molar-refractivity contribution in [3.63, 3.8) is 0 Å². The molecular weight excluding hydrogens is 410 g/mol. The van der Waals surface area contributed by atoms with E-state index < -0.39 is 23.2 Å². The van der Waals surface area contributed by atoms with Crippen LogP contribution in [0.1, 0.15) is 28.9 Å². The van der Waals surface area contributed by atoms with Crippen LogP contribution in [-0.4, -0.2) is 25.5 Å². The van der Waals surface area contributed by atoms with Gasteiger partial charge in [0, 0.05) is 10.5 Å². The van der Waals surface area contributed by atoms with Gasteiger partial charge in [-0.15, -0.1) is 0 Å². The standard InChI is InChI=1S/C18H17BrF2N2O3/c1-10(11-3-5-12(19)6-4-11)23-17(24)9-22-16-7-13(18(25)26-2)14(20)8-15(16)21/h3-8,10,22H,9H2,1-2H3,(H,23,24). The molecule has 8 heteroatoms. The number of hydrogen-bond acceptors (Lipinski definition) is 4. The largest absolute Gasteiger partial charge is 0.465 e. The van der Waals surface area contributed by atoms with Crippen molar-refractivity contribution in [2.75, 3.05) is 19.0 Å². The molecule has 0 bridgehead atoms. The number of halogens is 3. The molecule has 2 aromatic carbocycles. The fraction of sp³-hybridized carbons (Fsp3) is 0.222. The highest BCUT2D eigenvalue weighted by atomic mass is 79.9. The van der Waals surface area contributed by atoms with Crippen LogP contribution in [0.15, 0.2) is 40.9 Å². The van der Waals surface area contributed by atoms with Crippen molar-refractivity contribution < 1.29 is 23.1 Å². The molecule has 0 spiro atoms. The van der Waals surface area contributed by atoms with E-state index in [9.17, 15) is 18.4 Å². The number of benzene rings is 2. The van der Waals surface area contributed by atoms with Crippen LogP contribution in [-0.2, 0) is 9.53 Å². The molecule has 0 fully saturated rings. The zero-order valence-electron chi connectivity index (χ0n) is 14.1. The van der Waals surface area contributed by atoms with Gasteiger partial charge in [0.25, 0.3) is 0 Å². The number of rotatable bonds is 6. The Balaban J connectivity index is 2.00. The number of anilines is 1. The number of nitrogens with one attached hydrogen (secondary N) is 2. The summed E-state index contributed by atoms with van der Waals surface area (Å²) in [5.41, 5.74) is 0.320. The molecule has 0 aromatic heterocycles. The first-order valence-corrected chi connectivity index (χ1v) is 8.47. The van der Waals surface area contributed by atoms with Crippen molar-refractivity contribution >= 4 is 33.5 Å². The molecule has 2 rings (SSSR count). The number of esters is 1. The number of hydrogen-bond donors (Lipinski definition) is 2. The van der Waals surface area contributed by atoms with Crippen molar-refractivity contribution in [3.05, 3.63) is 63.6 Å². The molecule has 0 aliphatic carbocycles. The van der Waals surface area contributed by atoms with E-state index >= 15 is 0 Å². The van der Waals surface area contributed by atoms with Crippen LogP contribution >= 0.6 is 15.9 Å². The van der Waals surface area contributed by atoms with E-state index in [4.69, 9.17) is 0 Å². The van der Waals surface area contributed by atoms with Crippen LogP contribution in [0, 0.1) is 11.6 Å². The minimum atomic E-state index is -1.03. The summed E-state index contributed by atoms with van der Waals surface area (Å²) in [5, 5.41) is 5.32. The quantitative estimate of drug-likeness (QED) is 0.689. The van der Waals surface area contributed by atoms with E-state index in [2.05, 4.69) is 31.3 Å². The van der Waals surface area contributed by atoms with Gasteiger partial charge < -0.3 is 15.4 Å². The van der Waals surface area contributed by atoms with Gasteiger partial charge in [-0.05, 0) is 30.7 Å². The lowest BCUT2D eigenvalue weighted by molar-refractivity contribution is -0.120. The summed E-state index contributed by atoms with van der Waals surface area (Å²) in [7, 11) is 1.09. The first-order valence-electron chi connectivity index (χ1n) is 7.68. The lowest BCUT2D eigenvalue weighted by Gasteiger charge is -2.15. The first-order chi connectivity index (χ1) is 12.3. The van der Waals surface area contributed by atoms with E-state index in [0.717, 1.165) is 23.2 Å². The molecule has 0 aliphatic rings. The SMILES string of the molecule is COC(=O)c1cc(NCC(=O)NC(C)c2ccc(Br)cc2)c(F)cc1F. The summed E-state index contributed by atoms with van der Waals surface area (Å²) < 4.78 is 32.8. The van der Waals surface area contributed by atoms with Gasteiger partial charge in [0.15, 0.2) is 0 Å². The van der Waals surface area contributed by atoms with Crippen molar-refractivity contribution in [3.8, 4) is 0 Å². The summed E-state index contributed by atoms with van der Waals surface area (Å²) in [6.45, 7) is 1.57.